The molecule has 0 aromatic carbocycles. The summed E-state index contributed by atoms with van der Waals surface area (Å²) in [7, 11) is 0. The Bertz CT molecular complexity index is 502. The fraction of sp³-hybridized carbons (Fsp3) is 0.429. The topological polar surface area (TPSA) is 20.2 Å². The van der Waals surface area contributed by atoms with E-state index in [1.54, 1.807) is 22.7 Å². The SMILES string of the molecule is Cc1cscc1C(O)c1ccc(C(C)(C)C)s1. The Balaban J connectivity index is 2.30. The van der Waals surface area contributed by atoms with Crippen LogP contribution in [0.4, 0.5) is 0 Å². The van der Waals surface area contributed by atoms with Gasteiger partial charge in [0.2, 0.25) is 0 Å². The van der Waals surface area contributed by atoms with E-state index in [0.717, 1.165) is 10.4 Å². The van der Waals surface area contributed by atoms with Gasteiger partial charge in [0.15, 0.2) is 0 Å². The van der Waals surface area contributed by atoms with Gasteiger partial charge in [-0.05, 0) is 46.4 Å². The molecule has 0 amide bonds. The molecule has 92 valence electrons. The van der Waals surface area contributed by atoms with Gasteiger partial charge in [0.25, 0.3) is 0 Å². The van der Waals surface area contributed by atoms with E-state index in [2.05, 4.69) is 32.2 Å². The summed E-state index contributed by atoms with van der Waals surface area (Å²) in [5, 5.41) is 14.5. The molecule has 2 rings (SSSR count). The average molecular weight is 266 g/mol. The van der Waals surface area contributed by atoms with Crippen molar-refractivity contribution < 1.29 is 5.11 Å². The minimum absolute atomic E-state index is 0.159. The predicted molar refractivity (Wildman–Crippen MR) is 76.1 cm³/mol. The van der Waals surface area contributed by atoms with Gasteiger partial charge in [0.1, 0.15) is 6.10 Å². The number of aryl methyl sites for hydroxylation is 1. The smallest absolute Gasteiger partial charge is 0.114 e. The zero-order valence-electron chi connectivity index (χ0n) is 10.7. The van der Waals surface area contributed by atoms with Crippen LogP contribution in [0.1, 0.15) is 47.8 Å². The monoisotopic (exact) mass is 266 g/mol. The zero-order valence-corrected chi connectivity index (χ0v) is 12.3. The minimum Gasteiger partial charge on any atom is -0.383 e. The van der Waals surface area contributed by atoms with Crippen LogP contribution in [0.2, 0.25) is 0 Å². The first kappa shape index (κ1) is 12.8. The first-order chi connectivity index (χ1) is 7.89. The minimum atomic E-state index is -0.470. The Kier molecular flexibility index (Phi) is 3.43. The molecule has 0 aliphatic heterocycles. The lowest BCUT2D eigenvalue weighted by Crippen LogP contribution is -2.07. The van der Waals surface area contributed by atoms with Gasteiger partial charge in [-0.1, -0.05) is 20.8 Å². The van der Waals surface area contributed by atoms with Crippen LogP contribution in [0.25, 0.3) is 0 Å². The lowest BCUT2D eigenvalue weighted by Gasteiger charge is -2.15. The van der Waals surface area contributed by atoms with E-state index in [1.807, 2.05) is 18.4 Å². The van der Waals surface area contributed by atoms with Gasteiger partial charge >= 0.3 is 0 Å². The van der Waals surface area contributed by atoms with Crippen molar-refractivity contribution in [2.75, 3.05) is 0 Å². The molecular formula is C14H18OS2. The molecule has 1 N–H and O–H groups in total. The first-order valence-corrected chi connectivity index (χ1v) is 7.46. The molecule has 0 saturated carbocycles. The van der Waals surface area contributed by atoms with Gasteiger partial charge < -0.3 is 5.11 Å². The number of rotatable bonds is 2. The van der Waals surface area contributed by atoms with Crippen LogP contribution in [0, 0.1) is 6.92 Å². The fourth-order valence-corrected chi connectivity index (χ4v) is 3.65. The summed E-state index contributed by atoms with van der Waals surface area (Å²) < 4.78 is 0. The molecule has 1 nitrogen and oxygen atoms in total. The summed E-state index contributed by atoms with van der Waals surface area (Å²) in [4.78, 5) is 2.36. The molecule has 2 aromatic heterocycles. The highest BCUT2D eigenvalue weighted by atomic mass is 32.1. The van der Waals surface area contributed by atoms with Crippen LogP contribution in [0.5, 0.6) is 0 Å². The molecule has 1 unspecified atom stereocenters. The summed E-state index contributed by atoms with van der Waals surface area (Å²) in [5.74, 6) is 0. The zero-order chi connectivity index (χ0) is 12.6. The molecule has 0 spiro atoms. The molecule has 2 aromatic rings. The normalized spacial score (nSPS) is 13.9. The summed E-state index contributed by atoms with van der Waals surface area (Å²) in [5.41, 5.74) is 2.37. The molecule has 0 aliphatic rings. The second-order valence-corrected chi connectivity index (χ2v) is 7.22. The molecule has 3 heteroatoms. The molecule has 0 radical (unpaired) electrons. The molecule has 0 bridgehead atoms. The highest BCUT2D eigenvalue weighted by molar-refractivity contribution is 7.12. The third kappa shape index (κ3) is 2.62. The second-order valence-electron chi connectivity index (χ2n) is 5.36. The van der Waals surface area contributed by atoms with Crippen molar-refractivity contribution in [1.82, 2.24) is 0 Å². The third-order valence-corrected chi connectivity index (χ3v) is 5.27. The van der Waals surface area contributed by atoms with Gasteiger partial charge in [-0.25, -0.2) is 0 Å². The van der Waals surface area contributed by atoms with E-state index >= 15 is 0 Å². The van der Waals surface area contributed by atoms with Gasteiger partial charge in [-0.3, -0.25) is 0 Å². The Morgan fingerprint density at radius 1 is 1.18 bits per heavy atom. The number of hydrogen-bond acceptors (Lipinski definition) is 3. The Morgan fingerprint density at radius 3 is 2.35 bits per heavy atom. The second kappa shape index (κ2) is 4.56. The van der Waals surface area contributed by atoms with Crippen molar-refractivity contribution in [3.8, 4) is 0 Å². The molecule has 1 atom stereocenters. The fourth-order valence-electron chi connectivity index (χ4n) is 1.71. The average Bonchev–Trinajstić information content (AvgIpc) is 2.83. The highest BCUT2D eigenvalue weighted by Crippen LogP contribution is 2.36. The number of hydrogen-bond donors (Lipinski definition) is 1. The lowest BCUT2D eigenvalue weighted by atomic mass is 9.95. The van der Waals surface area contributed by atoms with Crippen LogP contribution in [-0.4, -0.2) is 5.11 Å². The predicted octanol–water partition coefficient (Wildman–Crippen LogP) is 4.50. The van der Waals surface area contributed by atoms with E-state index in [4.69, 9.17) is 0 Å². The molecule has 2 heterocycles. The van der Waals surface area contributed by atoms with E-state index < -0.39 is 6.10 Å². The maximum absolute atomic E-state index is 10.4. The van der Waals surface area contributed by atoms with Gasteiger partial charge in [-0.2, -0.15) is 11.3 Å². The molecule has 0 aliphatic carbocycles. The Morgan fingerprint density at radius 2 is 1.88 bits per heavy atom. The van der Waals surface area contributed by atoms with E-state index in [-0.39, 0.29) is 5.41 Å². The molecular weight excluding hydrogens is 248 g/mol. The maximum atomic E-state index is 10.4. The van der Waals surface area contributed by atoms with Crippen molar-refractivity contribution in [2.45, 2.75) is 39.2 Å². The van der Waals surface area contributed by atoms with Gasteiger partial charge in [-0.15, -0.1) is 11.3 Å². The number of aliphatic hydroxyl groups excluding tert-OH is 1. The summed E-state index contributed by atoms with van der Waals surface area (Å²) in [6.45, 7) is 8.65. The summed E-state index contributed by atoms with van der Waals surface area (Å²) in [6, 6.07) is 4.18. The molecule has 0 fully saturated rings. The van der Waals surface area contributed by atoms with E-state index in [9.17, 15) is 5.11 Å². The van der Waals surface area contributed by atoms with E-state index in [1.165, 1.54) is 10.4 Å². The van der Waals surface area contributed by atoms with Crippen LogP contribution in [0.15, 0.2) is 22.9 Å². The van der Waals surface area contributed by atoms with Crippen molar-refractivity contribution in [1.29, 1.82) is 0 Å². The van der Waals surface area contributed by atoms with Crippen LogP contribution < -0.4 is 0 Å². The Hall–Kier alpha value is -0.640. The van der Waals surface area contributed by atoms with Gasteiger partial charge in [0.05, 0.1) is 0 Å². The lowest BCUT2D eigenvalue weighted by molar-refractivity contribution is 0.224. The standard InChI is InChI=1S/C14H18OS2/c1-9-7-16-8-10(9)13(15)11-5-6-12(17-11)14(2,3)4/h5-8,13,15H,1-4H3. The first-order valence-electron chi connectivity index (χ1n) is 5.70. The highest BCUT2D eigenvalue weighted by Gasteiger charge is 2.20. The Labute approximate surface area is 111 Å². The quantitative estimate of drug-likeness (QED) is 0.848. The largest absolute Gasteiger partial charge is 0.383 e. The van der Waals surface area contributed by atoms with Crippen molar-refractivity contribution in [2.24, 2.45) is 0 Å². The van der Waals surface area contributed by atoms with Crippen molar-refractivity contribution in [3.63, 3.8) is 0 Å². The summed E-state index contributed by atoms with van der Waals surface area (Å²) >= 11 is 3.36. The van der Waals surface area contributed by atoms with Crippen molar-refractivity contribution in [3.05, 3.63) is 43.8 Å². The van der Waals surface area contributed by atoms with Crippen LogP contribution in [-0.2, 0) is 5.41 Å². The molecule has 17 heavy (non-hydrogen) atoms. The van der Waals surface area contributed by atoms with Crippen LogP contribution >= 0.6 is 22.7 Å². The number of aliphatic hydroxyl groups is 1. The number of thiophene rings is 2. The third-order valence-electron chi connectivity index (χ3n) is 2.83. The van der Waals surface area contributed by atoms with Gasteiger partial charge in [0, 0.05) is 9.75 Å². The molecule has 0 saturated heterocycles. The maximum Gasteiger partial charge on any atom is 0.114 e. The van der Waals surface area contributed by atoms with E-state index in [0.29, 0.717) is 0 Å². The summed E-state index contributed by atoms with van der Waals surface area (Å²) in [6.07, 6.45) is -0.470. The van der Waals surface area contributed by atoms with Crippen molar-refractivity contribution >= 4 is 22.7 Å². The van der Waals surface area contributed by atoms with Crippen LogP contribution in [0.3, 0.4) is 0 Å².